The van der Waals surface area contributed by atoms with E-state index < -0.39 is 24.3 Å². The van der Waals surface area contributed by atoms with Gasteiger partial charge >= 0.3 is 12.2 Å². The number of imidazole rings is 2. The number of ether oxygens (including phenoxy) is 2. The van der Waals surface area contributed by atoms with Crippen molar-refractivity contribution in [1.29, 1.82) is 0 Å². The molecule has 4 amide bonds. The van der Waals surface area contributed by atoms with Gasteiger partial charge in [0.15, 0.2) is 0 Å². The number of carbonyl (C=O) groups excluding carboxylic acids is 4. The van der Waals surface area contributed by atoms with E-state index in [9.17, 15) is 19.2 Å². The van der Waals surface area contributed by atoms with Gasteiger partial charge in [-0.25, -0.2) is 19.6 Å². The first kappa shape index (κ1) is 42.1. The van der Waals surface area contributed by atoms with E-state index in [1.807, 2.05) is 49.9 Å². The van der Waals surface area contributed by atoms with Crippen LogP contribution in [0.15, 0.2) is 54.9 Å². The highest BCUT2D eigenvalue weighted by molar-refractivity contribution is 5.88. The third-order valence-corrected chi connectivity index (χ3v) is 13.8. The van der Waals surface area contributed by atoms with Crippen LogP contribution in [0.2, 0.25) is 0 Å². The molecular weight excluding hydrogens is 799 g/mol. The Morgan fingerprint density at radius 3 is 1.90 bits per heavy atom. The molecule has 4 aliphatic rings. The molecular formula is C48H57N9O6. The van der Waals surface area contributed by atoms with Gasteiger partial charge in [0, 0.05) is 30.4 Å². The summed E-state index contributed by atoms with van der Waals surface area (Å²) in [5, 5.41) is 5.45. The summed E-state index contributed by atoms with van der Waals surface area (Å²) in [6.07, 6.45) is 9.30. The number of pyridine rings is 1. The molecule has 0 spiro atoms. The van der Waals surface area contributed by atoms with Crippen LogP contribution < -0.4 is 10.6 Å². The van der Waals surface area contributed by atoms with Gasteiger partial charge in [-0.05, 0) is 103 Å². The quantitative estimate of drug-likeness (QED) is 0.103. The van der Waals surface area contributed by atoms with Crippen molar-refractivity contribution >= 4 is 35.0 Å². The summed E-state index contributed by atoms with van der Waals surface area (Å²) in [5.74, 6) is 2.11. The van der Waals surface area contributed by atoms with Crippen LogP contribution in [-0.4, -0.2) is 98.1 Å². The second-order valence-corrected chi connectivity index (χ2v) is 18.3. The highest BCUT2D eigenvalue weighted by Gasteiger charge is 2.43. The number of methoxy groups -OCH3 is 2. The van der Waals surface area contributed by atoms with Crippen molar-refractivity contribution in [3.05, 3.63) is 77.6 Å². The molecule has 6 atom stereocenters. The van der Waals surface area contributed by atoms with E-state index in [4.69, 9.17) is 24.4 Å². The lowest BCUT2D eigenvalue weighted by Gasteiger charge is -2.31. The van der Waals surface area contributed by atoms with Crippen LogP contribution in [0.4, 0.5) is 9.59 Å². The highest BCUT2D eigenvalue weighted by Crippen LogP contribution is 2.55. The summed E-state index contributed by atoms with van der Waals surface area (Å²) in [7, 11) is 2.60. The Labute approximate surface area is 367 Å². The molecule has 15 heteroatoms. The molecule has 3 unspecified atom stereocenters. The minimum atomic E-state index is -0.694. The number of H-pyrrole nitrogens is 2. The second-order valence-electron chi connectivity index (χ2n) is 18.3. The third kappa shape index (κ3) is 7.79. The molecule has 9 rings (SSSR count). The predicted octanol–water partition coefficient (Wildman–Crippen LogP) is 7.82. The van der Waals surface area contributed by atoms with Crippen LogP contribution in [0.5, 0.6) is 0 Å². The highest BCUT2D eigenvalue weighted by atomic mass is 16.5. The number of nitrogens with zero attached hydrogens (tertiary/aromatic N) is 5. The number of aromatic amines is 2. The van der Waals surface area contributed by atoms with Crippen LogP contribution in [0, 0.1) is 17.8 Å². The van der Waals surface area contributed by atoms with Crippen LogP contribution in [-0.2, 0) is 25.5 Å². The summed E-state index contributed by atoms with van der Waals surface area (Å²) in [6, 6.07) is 13.0. The van der Waals surface area contributed by atoms with Crippen LogP contribution in [0.25, 0.3) is 44.7 Å². The van der Waals surface area contributed by atoms with Gasteiger partial charge in [-0.3, -0.25) is 14.6 Å². The number of hydrogen-bond donors (Lipinski definition) is 4. The van der Waals surface area contributed by atoms with E-state index >= 15 is 0 Å². The first-order valence-electron chi connectivity index (χ1n) is 22.4. The lowest BCUT2D eigenvalue weighted by molar-refractivity contribution is -0.136. The third-order valence-electron chi connectivity index (χ3n) is 13.8. The Bertz CT molecular complexity index is 2550. The lowest BCUT2D eigenvalue weighted by Crippen LogP contribution is -2.51. The standard InChI is InChI=1S/C48H57N9O6/c1-25(2)40(54-47(60)62-5)45(58)56-19-7-9-37(56)43-50-24-36(53-43)27-11-13-28(14-12-27)42-39-31-17-15-29(31)21-32(39)33(23-49-42)30-16-18-34-35(22-30)52-44(51-34)38-10-8-20-57(38)46(59)41(26(3)4)55-48(61)63-6/h11-14,16,18,22-26,29,31,37-38,40-41H,7-10,15,17,19-21H2,1-6H3,(H,50,53)(H,51,52)(H,54,60)(H,55,61)/t29?,31?,37-,38-,40?,41-/m0/s1. The second kappa shape index (κ2) is 17.1. The number of likely N-dealkylation sites (tertiary alicyclic amines) is 2. The normalized spacial score (nSPS) is 21.3. The molecule has 3 aromatic heterocycles. The maximum absolute atomic E-state index is 13.8. The van der Waals surface area contributed by atoms with Gasteiger partial charge in [-0.1, -0.05) is 58.0 Å². The van der Waals surface area contributed by atoms with Crippen molar-refractivity contribution in [2.75, 3.05) is 27.3 Å². The van der Waals surface area contributed by atoms with E-state index in [1.165, 1.54) is 31.8 Å². The van der Waals surface area contributed by atoms with Gasteiger partial charge in [0.2, 0.25) is 11.8 Å². The Morgan fingerprint density at radius 1 is 0.714 bits per heavy atom. The molecule has 5 aromatic rings. The van der Waals surface area contributed by atoms with Gasteiger partial charge in [0.25, 0.3) is 0 Å². The van der Waals surface area contributed by atoms with Gasteiger partial charge in [-0.2, -0.15) is 0 Å². The number of rotatable bonds is 11. The topological polar surface area (TPSA) is 188 Å². The largest absolute Gasteiger partial charge is 0.453 e. The molecule has 5 heterocycles. The van der Waals surface area contributed by atoms with Crippen molar-refractivity contribution in [3.8, 4) is 33.6 Å². The Balaban J connectivity index is 0.946. The number of aromatic nitrogens is 5. The molecule has 2 aliphatic carbocycles. The average Bonchev–Trinajstić information content (AvgIpc) is 4.13. The van der Waals surface area contributed by atoms with Gasteiger partial charge in [0.1, 0.15) is 23.7 Å². The fraction of sp³-hybridized carbons (Fsp3) is 0.479. The van der Waals surface area contributed by atoms with E-state index in [0.29, 0.717) is 24.9 Å². The molecule has 4 N–H and O–H groups in total. The number of carbonyl (C=O) groups is 4. The summed E-state index contributed by atoms with van der Waals surface area (Å²) in [4.78, 5) is 77.2. The zero-order valence-electron chi connectivity index (χ0n) is 36.9. The number of nitrogens with one attached hydrogen (secondary N) is 4. The molecule has 330 valence electrons. The summed E-state index contributed by atoms with van der Waals surface area (Å²) < 4.78 is 9.60. The van der Waals surface area contributed by atoms with Crippen molar-refractivity contribution < 1.29 is 28.7 Å². The average molecular weight is 856 g/mol. The zero-order chi connectivity index (χ0) is 44.1. The summed E-state index contributed by atoms with van der Waals surface area (Å²) in [6.45, 7) is 8.85. The van der Waals surface area contributed by atoms with Crippen molar-refractivity contribution in [1.82, 2.24) is 45.4 Å². The first-order chi connectivity index (χ1) is 30.4. The predicted molar refractivity (Wildman–Crippen MR) is 237 cm³/mol. The molecule has 1 saturated carbocycles. The van der Waals surface area contributed by atoms with Crippen molar-refractivity contribution in [2.45, 2.75) is 103 Å². The molecule has 2 aromatic carbocycles. The SMILES string of the molecule is COC(=O)NC(C(=O)N1CCC[C@H]1c1ncc(-c2ccc(-c3ncc(-c4ccc5nc([C@@H]6CCCN6C(=O)[C@@H](NC(=O)OC)C(C)C)[nH]c5c4)c4c3C3CCC3C4)cc2)[nH]1)C(C)C. The van der Waals surface area contributed by atoms with Crippen LogP contribution >= 0.6 is 0 Å². The number of hydrogen-bond acceptors (Lipinski definition) is 9. The Kier molecular flexibility index (Phi) is 11.4. The Hall–Kier alpha value is -6.25. The van der Waals surface area contributed by atoms with Crippen LogP contribution in [0.1, 0.15) is 107 Å². The lowest BCUT2D eigenvalue weighted by atomic mass is 9.73. The van der Waals surface area contributed by atoms with E-state index in [-0.39, 0.29) is 35.7 Å². The summed E-state index contributed by atoms with van der Waals surface area (Å²) in [5.41, 5.74) is 10.7. The molecule has 2 aliphatic heterocycles. The number of amides is 4. The molecule has 15 nitrogen and oxygen atoms in total. The van der Waals surface area contributed by atoms with E-state index in [1.54, 1.807) is 0 Å². The molecule has 0 radical (unpaired) electrons. The summed E-state index contributed by atoms with van der Waals surface area (Å²) >= 11 is 0. The van der Waals surface area contributed by atoms with Gasteiger partial charge < -0.3 is 39.9 Å². The minimum Gasteiger partial charge on any atom is -0.453 e. The van der Waals surface area contributed by atoms with Crippen molar-refractivity contribution in [2.24, 2.45) is 17.8 Å². The smallest absolute Gasteiger partial charge is 0.407 e. The van der Waals surface area contributed by atoms with Gasteiger partial charge in [0.05, 0.1) is 54.9 Å². The number of fused-ring (bicyclic) bond motifs is 4. The van der Waals surface area contributed by atoms with Gasteiger partial charge in [-0.15, -0.1) is 0 Å². The molecule has 0 bridgehead atoms. The first-order valence-corrected chi connectivity index (χ1v) is 22.4. The maximum Gasteiger partial charge on any atom is 0.407 e. The van der Waals surface area contributed by atoms with Crippen molar-refractivity contribution in [3.63, 3.8) is 0 Å². The number of benzene rings is 2. The maximum atomic E-state index is 13.8. The zero-order valence-corrected chi connectivity index (χ0v) is 36.9. The fourth-order valence-corrected chi connectivity index (χ4v) is 10.3. The monoisotopic (exact) mass is 855 g/mol. The Morgan fingerprint density at radius 2 is 1.32 bits per heavy atom. The fourth-order valence-electron chi connectivity index (χ4n) is 10.3. The minimum absolute atomic E-state index is 0.107. The van der Waals surface area contributed by atoms with Crippen LogP contribution in [0.3, 0.4) is 0 Å². The number of alkyl carbamates (subject to hydrolysis) is 2. The molecule has 3 fully saturated rings. The molecule has 63 heavy (non-hydrogen) atoms. The van der Waals surface area contributed by atoms with E-state index in [2.05, 4.69) is 63.1 Å². The molecule has 2 saturated heterocycles. The van der Waals surface area contributed by atoms with E-state index in [0.717, 1.165) is 94.8 Å².